The Morgan fingerprint density at radius 3 is 2.81 bits per heavy atom. The van der Waals surface area contributed by atoms with Gasteiger partial charge in [0.15, 0.2) is 5.82 Å². The Balaban J connectivity index is 1.97. The predicted octanol–water partition coefficient (Wildman–Crippen LogP) is 4.22. The lowest BCUT2D eigenvalue weighted by Gasteiger charge is -2.27. The Hall–Kier alpha value is -2.43. The molecule has 108 valence electrons. The van der Waals surface area contributed by atoms with Gasteiger partial charge in [0.25, 0.3) is 5.69 Å². The molecule has 4 nitrogen and oxygen atoms in total. The van der Waals surface area contributed by atoms with E-state index in [4.69, 9.17) is 0 Å². The first-order valence-corrected chi connectivity index (χ1v) is 6.94. The summed E-state index contributed by atoms with van der Waals surface area (Å²) in [7, 11) is 0. The average molecular weight is 286 g/mol. The van der Waals surface area contributed by atoms with Gasteiger partial charge in [-0.2, -0.15) is 0 Å². The van der Waals surface area contributed by atoms with Crippen molar-refractivity contribution in [3.05, 3.63) is 69.5 Å². The number of nitrogens with zero attached hydrogens (tertiary/aromatic N) is 1. The highest BCUT2D eigenvalue weighted by Crippen LogP contribution is 2.36. The van der Waals surface area contributed by atoms with Crippen molar-refractivity contribution in [3.63, 3.8) is 0 Å². The Kier molecular flexibility index (Phi) is 3.56. The first kappa shape index (κ1) is 13.5. The molecule has 0 bridgehead atoms. The second kappa shape index (κ2) is 5.52. The third-order valence-electron chi connectivity index (χ3n) is 3.88. The monoisotopic (exact) mass is 286 g/mol. The fourth-order valence-electron chi connectivity index (χ4n) is 2.89. The molecule has 0 saturated carbocycles. The fourth-order valence-corrected chi connectivity index (χ4v) is 2.89. The van der Waals surface area contributed by atoms with Crippen LogP contribution in [0.4, 0.5) is 15.8 Å². The summed E-state index contributed by atoms with van der Waals surface area (Å²) in [6.45, 7) is 0. The summed E-state index contributed by atoms with van der Waals surface area (Å²) in [5, 5.41) is 14.1. The third-order valence-corrected chi connectivity index (χ3v) is 3.88. The molecule has 1 aliphatic carbocycles. The lowest BCUT2D eigenvalue weighted by atomic mass is 9.87. The highest BCUT2D eigenvalue weighted by molar-refractivity contribution is 5.63. The van der Waals surface area contributed by atoms with E-state index in [0.717, 1.165) is 24.8 Å². The third kappa shape index (κ3) is 2.59. The largest absolute Gasteiger partial charge is 0.370 e. The van der Waals surface area contributed by atoms with Gasteiger partial charge in [-0.15, -0.1) is 0 Å². The standard InChI is InChI=1S/C16H15FN2O2/c17-13-8-4-10-15(19(20)21)16(13)18-14-9-3-6-11-5-1-2-7-12(11)14/h1-2,4-5,7-8,10,14,18H,3,6,9H2. The highest BCUT2D eigenvalue weighted by atomic mass is 19.1. The Bertz CT molecular complexity index is 688. The van der Waals surface area contributed by atoms with Gasteiger partial charge in [0, 0.05) is 6.07 Å². The quantitative estimate of drug-likeness (QED) is 0.678. The van der Waals surface area contributed by atoms with Crippen LogP contribution in [0.1, 0.15) is 30.0 Å². The topological polar surface area (TPSA) is 55.2 Å². The molecule has 0 fully saturated rings. The predicted molar refractivity (Wildman–Crippen MR) is 78.8 cm³/mol. The number of rotatable bonds is 3. The zero-order chi connectivity index (χ0) is 14.8. The maximum Gasteiger partial charge on any atom is 0.295 e. The molecule has 1 atom stereocenters. The van der Waals surface area contributed by atoms with E-state index in [1.807, 2.05) is 18.2 Å². The number of nitrogens with one attached hydrogen (secondary N) is 1. The number of para-hydroxylation sites is 1. The molecular weight excluding hydrogens is 271 g/mol. The van der Waals surface area contributed by atoms with Gasteiger partial charge in [-0.05, 0) is 36.5 Å². The van der Waals surface area contributed by atoms with E-state index in [1.54, 1.807) is 0 Å². The highest BCUT2D eigenvalue weighted by Gasteiger charge is 2.24. The van der Waals surface area contributed by atoms with Gasteiger partial charge < -0.3 is 5.32 Å². The van der Waals surface area contributed by atoms with Gasteiger partial charge in [-0.25, -0.2) is 4.39 Å². The van der Waals surface area contributed by atoms with Gasteiger partial charge in [-0.1, -0.05) is 30.3 Å². The van der Waals surface area contributed by atoms with Crippen molar-refractivity contribution in [2.24, 2.45) is 0 Å². The first-order valence-electron chi connectivity index (χ1n) is 6.94. The van der Waals surface area contributed by atoms with Crippen LogP contribution in [0.3, 0.4) is 0 Å². The maximum atomic E-state index is 14.0. The summed E-state index contributed by atoms with van der Waals surface area (Å²) < 4.78 is 14.0. The number of nitro benzene ring substituents is 1. The van der Waals surface area contributed by atoms with Crippen LogP contribution in [0.25, 0.3) is 0 Å². The number of aryl methyl sites for hydroxylation is 1. The molecule has 0 radical (unpaired) electrons. The summed E-state index contributed by atoms with van der Waals surface area (Å²) in [5.41, 5.74) is 2.07. The van der Waals surface area contributed by atoms with E-state index in [1.165, 1.54) is 23.8 Å². The maximum absolute atomic E-state index is 14.0. The van der Waals surface area contributed by atoms with Crippen LogP contribution in [-0.2, 0) is 6.42 Å². The second-order valence-corrected chi connectivity index (χ2v) is 5.18. The van der Waals surface area contributed by atoms with Crippen molar-refractivity contribution in [1.29, 1.82) is 0 Å². The van der Waals surface area contributed by atoms with E-state index in [2.05, 4.69) is 11.4 Å². The summed E-state index contributed by atoms with van der Waals surface area (Å²) in [6, 6.07) is 11.8. The van der Waals surface area contributed by atoms with E-state index in [0.29, 0.717) is 0 Å². The molecular formula is C16H15FN2O2. The Labute approximate surface area is 121 Å². The molecule has 0 spiro atoms. The summed E-state index contributed by atoms with van der Waals surface area (Å²) in [5.74, 6) is -0.591. The van der Waals surface area contributed by atoms with Crippen molar-refractivity contribution >= 4 is 11.4 Å². The van der Waals surface area contributed by atoms with Crippen LogP contribution in [0.15, 0.2) is 42.5 Å². The molecule has 0 saturated heterocycles. The first-order chi connectivity index (χ1) is 10.2. The second-order valence-electron chi connectivity index (χ2n) is 5.18. The van der Waals surface area contributed by atoms with Crippen LogP contribution in [0, 0.1) is 15.9 Å². The summed E-state index contributed by atoms with van der Waals surface area (Å²) >= 11 is 0. The van der Waals surface area contributed by atoms with Crippen molar-refractivity contribution in [3.8, 4) is 0 Å². The molecule has 0 amide bonds. The number of hydrogen-bond acceptors (Lipinski definition) is 3. The Morgan fingerprint density at radius 1 is 1.19 bits per heavy atom. The van der Waals surface area contributed by atoms with Gasteiger partial charge in [0.1, 0.15) is 5.69 Å². The number of anilines is 1. The molecule has 0 aromatic heterocycles. The molecule has 1 unspecified atom stereocenters. The SMILES string of the molecule is O=[N+]([O-])c1cccc(F)c1NC1CCCc2ccccc21. The molecule has 5 heteroatoms. The van der Waals surface area contributed by atoms with E-state index >= 15 is 0 Å². The van der Waals surface area contributed by atoms with E-state index < -0.39 is 10.7 Å². The molecule has 3 rings (SSSR count). The van der Waals surface area contributed by atoms with Gasteiger partial charge >= 0.3 is 0 Å². The lowest BCUT2D eigenvalue weighted by Crippen LogP contribution is -2.18. The number of benzene rings is 2. The molecule has 2 aromatic rings. The molecule has 1 N–H and O–H groups in total. The summed E-state index contributed by atoms with van der Waals surface area (Å²) in [4.78, 5) is 10.5. The number of fused-ring (bicyclic) bond motifs is 1. The minimum Gasteiger partial charge on any atom is -0.370 e. The molecule has 1 aliphatic rings. The van der Waals surface area contributed by atoms with Crippen LogP contribution >= 0.6 is 0 Å². The van der Waals surface area contributed by atoms with Crippen LogP contribution < -0.4 is 5.32 Å². The van der Waals surface area contributed by atoms with Crippen LogP contribution in [0.2, 0.25) is 0 Å². The van der Waals surface area contributed by atoms with Crippen LogP contribution in [-0.4, -0.2) is 4.92 Å². The average Bonchev–Trinajstić information content (AvgIpc) is 2.49. The minimum absolute atomic E-state index is 0.0239. The Morgan fingerprint density at radius 2 is 2.00 bits per heavy atom. The minimum atomic E-state index is -0.591. The van der Waals surface area contributed by atoms with Crippen LogP contribution in [0.5, 0.6) is 0 Å². The van der Waals surface area contributed by atoms with Crippen molar-refractivity contribution < 1.29 is 9.31 Å². The molecule has 21 heavy (non-hydrogen) atoms. The normalized spacial score (nSPS) is 17.1. The molecule has 2 aromatic carbocycles. The zero-order valence-electron chi connectivity index (χ0n) is 11.4. The van der Waals surface area contributed by atoms with Crippen molar-refractivity contribution in [2.75, 3.05) is 5.32 Å². The van der Waals surface area contributed by atoms with E-state index in [9.17, 15) is 14.5 Å². The van der Waals surface area contributed by atoms with Gasteiger partial charge in [0.2, 0.25) is 0 Å². The fraction of sp³-hybridized carbons (Fsp3) is 0.250. The molecule has 0 heterocycles. The lowest BCUT2D eigenvalue weighted by molar-refractivity contribution is -0.384. The number of halogens is 1. The number of hydrogen-bond donors (Lipinski definition) is 1. The smallest absolute Gasteiger partial charge is 0.295 e. The summed E-state index contributed by atoms with van der Waals surface area (Å²) in [6.07, 6.45) is 2.81. The number of nitro groups is 1. The zero-order valence-corrected chi connectivity index (χ0v) is 11.4. The molecule has 0 aliphatic heterocycles. The van der Waals surface area contributed by atoms with Gasteiger partial charge in [-0.3, -0.25) is 10.1 Å². The van der Waals surface area contributed by atoms with Gasteiger partial charge in [0.05, 0.1) is 11.0 Å². The van der Waals surface area contributed by atoms with E-state index in [-0.39, 0.29) is 17.4 Å². The van der Waals surface area contributed by atoms with Crippen molar-refractivity contribution in [2.45, 2.75) is 25.3 Å². The van der Waals surface area contributed by atoms with Crippen molar-refractivity contribution in [1.82, 2.24) is 0 Å².